The highest BCUT2D eigenvalue weighted by molar-refractivity contribution is 14.1. The molecule has 0 saturated carbocycles. The summed E-state index contributed by atoms with van der Waals surface area (Å²) in [7, 11) is 0. The van der Waals surface area contributed by atoms with Gasteiger partial charge in [0.2, 0.25) is 0 Å². The summed E-state index contributed by atoms with van der Waals surface area (Å²) < 4.78 is 113. The number of fused-ring (bicyclic) bond motifs is 8. The first-order valence-electron chi connectivity index (χ1n) is 40.1. The van der Waals surface area contributed by atoms with Crippen LogP contribution in [0, 0.1) is 61.3 Å². The molecule has 0 spiro atoms. The van der Waals surface area contributed by atoms with Crippen LogP contribution in [0.25, 0.3) is 44.7 Å². The van der Waals surface area contributed by atoms with Crippen LogP contribution in [0.1, 0.15) is 115 Å². The molecular weight excluding hydrogens is 2030 g/mol. The molecular formula is C82H100F4I4N24O8. The Labute approximate surface area is 757 Å². The van der Waals surface area contributed by atoms with Crippen LogP contribution >= 0.6 is 90.4 Å². The third-order valence-electron chi connectivity index (χ3n) is 19.4. The van der Waals surface area contributed by atoms with E-state index in [1.54, 1.807) is 0 Å². The van der Waals surface area contributed by atoms with E-state index in [9.17, 15) is 17.6 Å². The van der Waals surface area contributed by atoms with E-state index in [4.69, 9.17) is 60.8 Å². The molecule has 0 aliphatic carbocycles. The average Bonchev–Trinajstić information content (AvgIpc) is 1.64. The average molecular weight is 2140 g/mol. The van der Waals surface area contributed by atoms with E-state index in [2.05, 4.69) is 241 Å². The number of nitrogens with one attached hydrogen (secondary N) is 4. The quantitative estimate of drug-likeness (QED) is 0.0108. The fourth-order valence-corrected chi connectivity index (χ4v) is 16.3. The summed E-state index contributed by atoms with van der Waals surface area (Å²) in [6, 6.07) is 15.8. The fraction of sp³-hybridized carbons (Fsp3) is 0.463. The third-order valence-corrected chi connectivity index (χ3v) is 23.4. The monoisotopic (exact) mass is 2130 g/mol. The molecule has 8 aromatic heterocycles. The van der Waals surface area contributed by atoms with Gasteiger partial charge in [0.05, 0.1) is 0 Å². The van der Waals surface area contributed by atoms with Crippen LogP contribution < -0.4 is 82.1 Å². The van der Waals surface area contributed by atoms with Gasteiger partial charge in [-0.2, -0.15) is 57.4 Å². The Morgan fingerprint density at radius 3 is 0.836 bits per heavy atom. The van der Waals surface area contributed by atoms with Crippen molar-refractivity contribution in [1.29, 1.82) is 0 Å². The van der Waals surface area contributed by atoms with Crippen LogP contribution in [0.2, 0.25) is 0 Å². The predicted octanol–water partition coefficient (Wildman–Crippen LogP) is 11.8. The van der Waals surface area contributed by atoms with Crippen molar-refractivity contribution in [2.45, 2.75) is 121 Å². The number of nitrogens with zero attached hydrogens (tertiary/aromatic N) is 16. The van der Waals surface area contributed by atoms with Crippen LogP contribution in [-0.4, -0.2) is 183 Å². The molecule has 32 nitrogen and oxygen atoms in total. The van der Waals surface area contributed by atoms with Crippen molar-refractivity contribution in [3.8, 4) is 46.0 Å². The molecule has 12 N–H and O–H groups in total. The highest BCUT2D eigenvalue weighted by Crippen LogP contribution is 2.40. The zero-order valence-corrected chi connectivity index (χ0v) is 78.1. The number of benzene rings is 4. The molecule has 4 aliphatic heterocycles. The molecule has 0 saturated heterocycles. The van der Waals surface area contributed by atoms with Crippen LogP contribution in [0.3, 0.4) is 0 Å². The normalized spacial score (nSPS) is 13.5. The second-order valence-electron chi connectivity index (χ2n) is 32.6. The van der Waals surface area contributed by atoms with E-state index in [0.717, 1.165) is 132 Å². The van der Waals surface area contributed by atoms with Crippen LogP contribution in [0.15, 0.2) is 48.5 Å². The molecule has 16 rings (SSSR count). The first kappa shape index (κ1) is 90.9. The smallest absolute Gasteiger partial charge is 0.312 e. The largest absolute Gasteiger partial charge is 0.486 e. The van der Waals surface area contributed by atoms with Gasteiger partial charge in [-0.1, -0.05) is 69.2 Å². The van der Waals surface area contributed by atoms with E-state index >= 15 is 0 Å². The third kappa shape index (κ3) is 23.2. The van der Waals surface area contributed by atoms with Gasteiger partial charge in [0.25, 0.3) is 0 Å². The molecule has 0 amide bonds. The second kappa shape index (κ2) is 40.4. The number of ether oxygens (including phenoxy) is 8. The van der Waals surface area contributed by atoms with Crippen molar-refractivity contribution in [3.05, 3.63) is 133 Å². The number of imidazole rings is 4. The summed E-state index contributed by atoms with van der Waals surface area (Å²) in [5.74, 6) is 10.1. The maximum Gasteiger partial charge on any atom is 0.312 e. The molecule has 4 aromatic carbocycles. The van der Waals surface area contributed by atoms with Crippen molar-refractivity contribution in [3.63, 3.8) is 0 Å². The molecule has 12 heterocycles. The lowest BCUT2D eigenvalue weighted by Gasteiger charge is -2.20. The first-order valence-corrected chi connectivity index (χ1v) is 44.5. The summed E-state index contributed by atoms with van der Waals surface area (Å²) >= 11 is 9.12. The molecule has 0 atom stereocenters. The predicted molar refractivity (Wildman–Crippen MR) is 491 cm³/mol. The van der Waals surface area contributed by atoms with Gasteiger partial charge in [0, 0.05) is 105 Å². The number of anilines is 4. The van der Waals surface area contributed by atoms with Gasteiger partial charge in [-0.3, -0.25) is 0 Å². The standard InChI is InChI=1S/2C21H26FIN6O2.2C20H24FIN6O2/c2*1-21(2,3)11-25-4-5-29-16(26-17-18(24)27-20(22)28-19(17)29)9-12-8-14-15(10-13(12)23)31-7-6-30-14;2*1-11(2)10-24-3-4-28-16(25-17-18(23)26-20(21)27-19(17)28)8-12-7-14-15(9-13(12)22)30-6-5-29-14/h2*8,10,25H,4-7,9,11H2,1-3H3,(H2,24,27,28);2*7,9,11,24H,3-6,8,10H2,1-2H3,(H2,23,26,27)/i23+4;23-3;22+4;22-3. The van der Waals surface area contributed by atoms with Gasteiger partial charge in [0.1, 0.15) is 76.2 Å². The van der Waals surface area contributed by atoms with Gasteiger partial charge in [-0.15, -0.1) is 0 Å². The van der Waals surface area contributed by atoms with Gasteiger partial charge in [-0.05, 0) is 197 Å². The van der Waals surface area contributed by atoms with Crippen molar-refractivity contribution in [2.24, 2.45) is 22.7 Å². The molecule has 0 fully saturated rings. The van der Waals surface area contributed by atoms with E-state index < -0.39 is 24.3 Å². The summed E-state index contributed by atoms with van der Waals surface area (Å²) in [5, 5.41) is 13.7. The SMILES string of the molecule is CC(C)(C)CNCCn1c(Cc2cc3c(cc2[124I])OCCO3)nc2c(N)nc(F)nc21.CC(C)(C)CNCCn1c(Cc2cc3c(cc2[131I])OCCO3)nc2c(N)nc(F)nc21.CC(C)CNCCn1c(Cc2cc3c(cc2[124I])OCCO3)nc2c(N)nc(F)nc21.CC(C)CNCCn1c(Cc2cc3c(cc2[131I])OCCO3)nc2c(N)nc(F)nc21. The lowest BCUT2D eigenvalue weighted by Crippen LogP contribution is -2.30. The number of hydrogen-bond acceptors (Lipinski definition) is 28. The van der Waals surface area contributed by atoms with Crippen LogP contribution in [-0.2, 0) is 51.9 Å². The van der Waals surface area contributed by atoms with Crippen LogP contribution in [0.4, 0.5) is 40.8 Å². The van der Waals surface area contributed by atoms with Gasteiger partial charge in [-0.25, -0.2) is 19.9 Å². The number of halogens is 8. The van der Waals surface area contributed by atoms with E-state index in [1.807, 2.05) is 66.8 Å². The summed E-state index contributed by atoms with van der Waals surface area (Å²) in [4.78, 5) is 49.1. The Kier molecular flexibility index (Phi) is 30.1. The Bertz CT molecular complexity index is 5400. The number of nitrogens with two attached hydrogens (primary N) is 4. The lowest BCUT2D eigenvalue weighted by molar-refractivity contribution is 0.171. The minimum atomic E-state index is -0.853. The van der Waals surface area contributed by atoms with Crippen molar-refractivity contribution < 1.29 is 55.5 Å². The molecule has 12 aromatic rings. The fourth-order valence-electron chi connectivity index (χ4n) is 13.8. The van der Waals surface area contributed by atoms with Gasteiger partial charge >= 0.3 is 24.3 Å². The minimum Gasteiger partial charge on any atom is -0.486 e. The van der Waals surface area contributed by atoms with Crippen LogP contribution in [0.5, 0.6) is 46.0 Å². The van der Waals surface area contributed by atoms with Gasteiger partial charge < -0.3 is 100 Å². The topological polar surface area (TPSA) is 400 Å². The molecule has 0 unspecified atom stereocenters. The maximum atomic E-state index is 13.9. The second-order valence-corrected chi connectivity index (χ2v) is 37.3. The summed E-state index contributed by atoms with van der Waals surface area (Å²) in [5.41, 5.74) is 31.5. The Hall–Kier alpha value is -8.84. The summed E-state index contributed by atoms with van der Waals surface area (Å²) in [6.45, 7) is 34.6. The lowest BCUT2D eigenvalue weighted by atomic mass is 9.97. The zero-order valence-electron chi connectivity index (χ0n) is 69.5. The minimum absolute atomic E-state index is 0.0435. The number of rotatable bonds is 26. The Morgan fingerprint density at radius 1 is 0.352 bits per heavy atom. The molecule has 0 radical (unpaired) electrons. The molecule has 652 valence electrons. The maximum absolute atomic E-state index is 13.9. The highest BCUT2D eigenvalue weighted by atomic mass is 131. The van der Waals surface area contributed by atoms with E-state index in [1.165, 1.54) is 0 Å². The van der Waals surface area contributed by atoms with Crippen molar-refractivity contribution >= 4 is 158 Å². The number of nitrogen functional groups attached to an aromatic ring is 4. The molecule has 0 bridgehead atoms. The summed E-state index contributed by atoms with van der Waals surface area (Å²) in [6.07, 6.45) is -1.32. The number of aromatic nitrogens is 16. The molecule has 122 heavy (non-hydrogen) atoms. The molecule has 4 aliphatic rings. The Balaban J connectivity index is 0.000000140. The zero-order chi connectivity index (χ0) is 86.8. The van der Waals surface area contributed by atoms with E-state index in [0.29, 0.717) is 187 Å². The Morgan fingerprint density at radius 2 is 0.582 bits per heavy atom. The van der Waals surface area contributed by atoms with E-state index in [-0.39, 0.29) is 34.1 Å². The van der Waals surface area contributed by atoms with Crippen molar-refractivity contribution in [1.82, 2.24) is 99.3 Å². The van der Waals surface area contributed by atoms with Crippen molar-refractivity contribution in [2.75, 3.05) is 128 Å². The first-order chi connectivity index (χ1) is 58.3. The highest BCUT2D eigenvalue weighted by Gasteiger charge is 2.28. The molecule has 40 heteroatoms. The number of hydrogen-bond donors (Lipinski definition) is 8. The van der Waals surface area contributed by atoms with Gasteiger partial charge in [0.15, 0.2) is 114 Å².